The summed E-state index contributed by atoms with van der Waals surface area (Å²) in [6.45, 7) is 1.27. The Labute approximate surface area is 163 Å². The lowest BCUT2D eigenvalue weighted by molar-refractivity contribution is 0.0793. The maximum Gasteiger partial charge on any atom is 0.254 e. The number of carbonyl (C=O) groups is 1. The van der Waals surface area contributed by atoms with E-state index in [0.717, 1.165) is 22.9 Å². The van der Waals surface area contributed by atoms with Crippen LogP contribution in [-0.2, 0) is 0 Å². The van der Waals surface area contributed by atoms with Crippen molar-refractivity contribution in [1.29, 1.82) is 0 Å². The molecular formula is C22H23N3O3. The van der Waals surface area contributed by atoms with Crippen molar-refractivity contribution in [3.05, 3.63) is 54.1 Å². The summed E-state index contributed by atoms with van der Waals surface area (Å²) >= 11 is 0. The average molecular weight is 377 g/mol. The molecule has 0 radical (unpaired) electrons. The summed E-state index contributed by atoms with van der Waals surface area (Å²) in [5, 5.41) is 0.845. The van der Waals surface area contributed by atoms with Gasteiger partial charge in [0, 0.05) is 30.1 Å². The summed E-state index contributed by atoms with van der Waals surface area (Å²) in [6, 6.07) is 15.2. The van der Waals surface area contributed by atoms with Crippen LogP contribution in [0.1, 0.15) is 16.8 Å². The number of amides is 1. The molecule has 1 atom stereocenters. The molecule has 3 aromatic rings. The molecule has 1 aromatic heterocycles. The summed E-state index contributed by atoms with van der Waals surface area (Å²) in [4.78, 5) is 19.8. The summed E-state index contributed by atoms with van der Waals surface area (Å²) < 4.78 is 10.7. The molecule has 1 aliphatic heterocycles. The molecule has 2 heterocycles. The van der Waals surface area contributed by atoms with Crippen LogP contribution < -0.4 is 15.2 Å². The van der Waals surface area contributed by atoms with Crippen molar-refractivity contribution in [3.8, 4) is 22.8 Å². The van der Waals surface area contributed by atoms with E-state index in [0.29, 0.717) is 35.8 Å². The van der Waals surface area contributed by atoms with E-state index < -0.39 is 0 Å². The Morgan fingerprint density at radius 2 is 1.89 bits per heavy atom. The van der Waals surface area contributed by atoms with Crippen LogP contribution in [0.25, 0.3) is 22.2 Å². The van der Waals surface area contributed by atoms with E-state index in [-0.39, 0.29) is 11.9 Å². The number of hydrogen-bond acceptors (Lipinski definition) is 5. The molecule has 1 saturated heterocycles. The van der Waals surface area contributed by atoms with Crippen molar-refractivity contribution in [3.63, 3.8) is 0 Å². The van der Waals surface area contributed by atoms with Crippen LogP contribution in [0.2, 0.25) is 0 Å². The molecule has 0 spiro atoms. The number of methoxy groups -OCH3 is 2. The van der Waals surface area contributed by atoms with E-state index in [1.165, 1.54) is 0 Å². The van der Waals surface area contributed by atoms with Gasteiger partial charge in [0.2, 0.25) is 0 Å². The Hall–Kier alpha value is -3.12. The minimum atomic E-state index is -0.00623. The maximum absolute atomic E-state index is 13.2. The number of carbonyl (C=O) groups excluding carboxylic acids is 1. The molecule has 0 bridgehead atoms. The molecule has 144 valence electrons. The Morgan fingerprint density at radius 1 is 1.11 bits per heavy atom. The highest BCUT2D eigenvalue weighted by Gasteiger charge is 2.26. The summed E-state index contributed by atoms with van der Waals surface area (Å²) in [5.41, 5.74) is 9.00. The Kier molecular flexibility index (Phi) is 4.88. The Morgan fingerprint density at radius 3 is 2.61 bits per heavy atom. The second-order valence-electron chi connectivity index (χ2n) is 6.94. The number of nitrogens with two attached hydrogens (primary N) is 1. The number of likely N-dealkylation sites (tertiary alicyclic amines) is 1. The number of rotatable bonds is 4. The van der Waals surface area contributed by atoms with Gasteiger partial charge in [0.25, 0.3) is 5.91 Å². The van der Waals surface area contributed by atoms with Crippen molar-refractivity contribution in [2.45, 2.75) is 12.5 Å². The molecule has 6 heteroatoms. The highest BCUT2D eigenvalue weighted by atomic mass is 16.5. The molecule has 4 rings (SSSR count). The van der Waals surface area contributed by atoms with Crippen LogP contribution in [0.5, 0.6) is 11.5 Å². The monoisotopic (exact) mass is 377 g/mol. The third kappa shape index (κ3) is 3.27. The van der Waals surface area contributed by atoms with Crippen molar-refractivity contribution < 1.29 is 14.3 Å². The highest BCUT2D eigenvalue weighted by Crippen LogP contribution is 2.33. The van der Waals surface area contributed by atoms with Crippen molar-refractivity contribution in [2.24, 2.45) is 5.73 Å². The first-order chi connectivity index (χ1) is 13.6. The predicted molar refractivity (Wildman–Crippen MR) is 109 cm³/mol. The molecule has 2 N–H and O–H groups in total. The lowest BCUT2D eigenvalue weighted by atomic mass is 10.0. The first kappa shape index (κ1) is 18.3. The van der Waals surface area contributed by atoms with E-state index in [2.05, 4.69) is 0 Å². The zero-order chi connectivity index (χ0) is 19.7. The quantitative estimate of drug-likeness (QED) is 0.756. The van der Waals surface area contributed by atoms with Crippen LogP contribution >= 0.6 is 0 Å². The predicted octanol–water partition coefficient (Wildman–Crippen LogP) is 3.09. The molecule has 28 heavy (non-hydrogen) atoms. The van der Waals surface area contributed by atoms with Gasteiger partial charge in [0.1, 0.15) is 0 Å². The zero-order valence-corrected chi connectivity index (χ0v) is 16.0. The van der Waals surface area contributed by atoms with E-state index in [1.807, 2.05) is 53.4 Å². The van der Waals surface area contributed by atoms with Gasteiger partial charge in [-0.15, -0.1) is 0 Å². The van der Waals surface area contributed by atoms with Crippen LogP contribution in [0.3, 0.4) is 0 Å². The summed E-state index contributed by atoms with van der Waals surface area (Å²) in [7, 11) is 3.20. The normalized spacial score (nSPS) is 16.4. The fourth-order valence-electron chi connectivity index (χ4n) is 3.64. The lowest BCUT2D eigenvalue weighted by Gasteiger charge is -2.18. The third-order valence-corrected chi connectivity index (χ3v) is 5.14. The van der Waals surface area contributed by atoms with Gasteiger partial charge >= 0.3 is 0 Å². The van der Waals surface area contributed by atoms with Crippen LogP contribution in [0.15, 0.2) is 48.5 Å². The fraction of sp³-hybridized carbons (Fsp3) is 0.273. The average Bonchev–Trinajstić information content (AvgIpc) is 3.18. The Bertz CT molecular complexity index is 1030. The van der Waals surface area contributed by atoms with Gasteiger partial charge in [0.05, 0.1) is 31.0 Å². The van der Waals surface area contributed by atoms with Gasteiger partial charge < -0.3 is 20.1 Å². The zero-order valence-electron chi connectivity index (χ0n) is 16.0. The Balaban J connectivity index is 1.83. The summed E-state index contributed by atoms with van der Waals surface area (Å²) in [5.74, 6) is 1.26. The largest absolute Gasteiger partial charge is 0.493 e. The second kappa shape index (κ2) is 7.48. The molecule has 0 saturated carbocycles. The number of benzene rings is 2. The number of pyridine rings is 1. The van der Waals surface area contributed by atoms with Gasteiger partial charge in [0.15, 0.2) is 11.5 Å². The molecule has 1 amide bonds. The number of nitrogens with zero attached hydrogens (tertiary/aromatic N) is 2. The smallest absolute Gasteiger partial charge is 0.254 e. The highest BCUT2D eigenvalue weighted by molar-refractivity contribution is 6.07. The van der Waals surface area contributed by atoms with Crippen LogP contribution in [0.4, 0.5) is 0 Å². The molecule has 0 aliphatic carbocycles. The van der Waals surface area contributed by atoms with Gasteiger partial charge in [-0.25, -0.2) is 4.98 Å². The first-order valence-corrected chi connectivity index (χ1v) is 9.27. The maximum atomic E-state index is 13.2. The van der Waals surface area contributed by atoms with Gasteiger partial charge in [-0.2, -0.15) is 0 Å². The van der Waals surface area contributed by atoms with E-state index in [1.54, 1.807) is 14.2 Å². The molecule has 1 aliphatic rings. The standard InChI is InChI=1S/C22H23N3O3/c1-27-20-8-7-14(11-21(20)28-2)19-12-17(16-5-3-4-6-18(16)24-19)22(26)25-10-9-15(23)13-25/h3-8,11-12,15H,9-10,13,23H2,1-2H3/t15-/m1/s1. The number of hydrogen-bond donors (Lipinski definition) is 1. The number of aromatic nitrogens is 1. The first-order valence-electron chi connectivity index (χ1n) is 9.27. The molecule has 2 aromatic carbocycles. The minimum absolute atomic E-state index is 0.00623. The third-order valence-electron chi connectivity index (χ3n) is 5.14. The van der Waals surface area contributed by atoms with E-state index in [9.17, 15) is 4.79 Å². The molecular weight excluding hydrogens is 354 g/mol. The van der Waals surface area contributed by atoms with Crippen molar-refractivity contribution >= 4 is 16.8 Å². The van der Waals surface area contributed by atoms with Crippen molar-refractivity contribution in [1.82, 2.24) is 9.88 Å². The molecule has 6 nitrogen and oxygen atoms in total. The number of fused-ring (bicyclic) bond motifs is 1. The van der Waals surface area contributed by atoms with E-state index in [4.69, 9.17) is 20.2 Å². The van der Waals surface area contributed by atoms with Crippen LogP contribution in [0, 0.1) is 0 Å². The fourth-order valence-corrected chi connectivity index (χ4v) is 3.64. The molecule has 1 fully saturated rings. The van der Waals surface area contributed by atoms with Gasteiger partial charge in [-0.05, 0) is 36.8 Å². The SMILES string of the molecule is COc1ccc(-c2cc(C(=O)N3CC[C@@H](N)C3)c3ccccc3n2)cc1OC. The van der Waals surface area contributed by atoms with E-state index >= 15 is 0 Å². The number of para-hydroxylation sites is 1. The topological polar surface area (TPSA) is 77.7 Å². The lowest BCUT2D eigenvalue weighted by Crippen LogP contribution is -2.32. The summed E-state index contributed by atoms with van der Waals surface area (Å²) in [6.07, 6.45) is 0.831. The second-order valence-corrected chi connectivity index (χ2v) is 6.94. The minimum Gasteiger partial charge on any atom is -0.493 e. The van der Waals surface area contributed by atoms with Crippen LogP contribution in [-0.4, -0.2) is 49.1 Å². The van der Waals surface area contributed by atoms with Gasteiger partial charge in [-0.1, -0.05) is 18.2 Å². The van der Waals surface area contributed by atoms with Crippen molar-refractivity contribution in [2.75, 3.05) is 27.3 Å². The molecule has 0 unspecified atom stereocenters. The number of ether oxygens (including phenoxy) is 2. The van der Waals surface area contributed by atoms with Gasteiger partial charge in [-0.3, -0.25) is 4.79 Å².